The van der Waals surface area contributed by atoms with Gasteiger partial charge in [0.05, 0.1) is 0 Å². The van der Waals surface area contributed by atoms with Gasteiger partial charge >= 0.3 is 0 Å². The highest BCUT2D eigenvalue weighted by Crippen LogP contribution is 2.22. The van der Waals surface area contributed by atoms with Gasteiger partial charge in [0, 0.05) is 36.9 Å². The molecule has 0 aromatic rings. The normalized spacial score (nSPS) is 21.8. The van der Waals surface area contributed by atoms with Crippen molar-refractivity contribution in [2.45, 2.75) is 147 Å². The third-order valence-corrected chi connectivity index (χ3v) is 7.94. The smallest absolute Gasteiger partial charge is 0.223 e. The Hall–Kier alpha value is -1.59. The van der Waals surface area contributed by atoms with Crippen molar-refractivity contribution in [1.29, 1.82) is 0 Å². The van der Waals surface area contributed by atoms with E-state index in [9.17, 15) is 14.4 Å². The van der Waals surface area contributed by atoms with E-state index in [1.54, 1.807) is 0 Å². The highest BCUT2D eigenvalue weighted by atomic mass is 16.2. The molecule has 1 atom stereocenters. The van der Waals surface area contributed by atoms with E-state index in [4.69, 9.17) is 0 Å². The molecule has 3 rings (SSSR count). The predicted molar refractivity (Wildman–Crippen MR) is 132 cm³/mol. The van der Waals surface area contributed by atoms with E-state index in [0.29, 0.717) is 44.2 Å². The molecule has 0 heterocycles. The maximum atomic E-state index is 13.1. The van der Waals surface area contributed by atoms with Gasteiger partial charge in [0.2, 0.25) is 17.7 Å². The molecule has 0 saturated heterocycles. The fourth-order valence-electron chi connectivity index (χ4n) is 5.88. The maximum absolute atomic E-state index is 13.1. The summed E-state index contributed by atoms with van der Waals surface area (Å²) in [5, 5.41) is 9.62. The summed E-state index contributed by atoms with van der Waals surface area (Å²) in [5.41, 5.74) is 0. The second-order valence-electron chi connectivity index (χ2n) is 10.8. The molecule has 0 radical (unpaired) electrons. The average molecular weight is 462 g/mol. The molecule has 0 aromatic carbocycles. The van der Waals surface area contributed by atoms with Gasteiger partial charge in [-0.1, -0.05) is 57.8 Å². The van der Waals surface area contributed by atoms with Crippen LogP contribution in [0.25, 0.3) is 0 Å². The van der Waals surface area contributed by atoms with Crippen LogP contribution >= 0.6 is 0 Å². The number of hydrogen-bond acceptors (Lipinski definition) is 3. The molecule has 3 aliphatic carbocycles. The fraction of sp³-hybridized carbons (Fsp3) is 0.889. The Morgan fingerprint density at radius 1 is 0.545 bits per heavy atom. The topological polar surface area (TPSA) is 87.3 Å². The Bertz CT molecular complexity index is 606. The van der Waals surface area contributed by atoms with Crippen molar-refractivity contribution in [3.63, 3.8) is 0 Å². The van der Waals surface area contributed by atoms with Crippen LogP contribution in [0, 0.1) is 5.92 Å². The van der Waals surface area contributed by atoms with Gasteiger partial charge in [0.1, 0.15) is 0 Å². The summed E-state index contributed by atoms with van der Waals surface area (Å²) in [5.74, 6) is 0.0855. The van der Waals surface area contributed by atoms with Crippen molar-refractivity contribution in [1.82, 2.24) is 16.0 Å². The van der Waals surface area contributed by atoms with E-state index >= 15 is 0 Å². The second kappa shape index (κ2) is 14.6. The number of carbonyl (C=O) groups is 3. The molecule has 1 unspecified atom stereocenters. The van der Waals surface area contributed by atoms with E-state index in [-0.39, 0.29) is 29.7 Å². The van der Waals surface area contributed by atoms with Crippen molar-refractivity contribution < 1.29 is 14.4 Å². The van der Waals surface area contributed by atoms with Crippen LogP contribution < -0.4 is 16.0 Å². The molecule has 0 spiro atoms. The molecule has 188 valence electrons. The lowest BCUT2D eigenvalue weighted by Crippen LogP contribution is -2.41. The van der Waals surface area contributed by atoms with Crippen molar-refractivity contribution in [2.24, 2.45) is 5.92 Å². The van der Waals surface area contributed by atoms with Gasteiger partial charge in [-0.2, -0.15) is 0 Å². The third-order valence-electron chi connectivity index (χ3n) is 7.94. The molecular formula is C27H47N3O3. The number of nitrogens with one attached hydrogen (secondary N) is 3. The zero-order chi connectivity index (χ0) is 23.3. The van der Waals surface area contributed by atoms with E-state index in [2.05, 4.69) is 16.0 Å². The molecule has 0 aliphatic heterocycles. The number of hydrogen-bond donors (Lipinski definition) is 3. The first-order valence-electron chi connectivity index (χ1n) is 14.0. The zero-order valence-corrected chi connectivity index (χ0v) is 20.7. The largest absolute Gasteiger partial charge is 0.353 e. The van der Waals surface area contributed by atoms with Crippen molar-refractivity contribution in [3.05, 3.63) is 0 Å². The predicted octanol–water partition coefficient (Wildman–Crippen LogP) is 4.90. The number of carbonyl (C=O) groups excluding carboxylic acids is 3. The average Bonchev–Trinajstić information content (AvgIpc) is 2.83. The standard InChI is InChI=1S/C27H47N3O3/c31-25(28-22-12-4-1-5-13-22)18-10-11-21(27(33)30-24-16-8-3-9-17-24)19-20-26(32)29-23-14-6-2-7-15-23/h21-24H,1-20H2,(H,28,31)(H,29,32)(H,30,33). The van der Waals surface area contributed by atoms with Gasteiger partial charge in [-0.15, -0.1) is 0 Å². The van der Waals surface area contributed by atoms with Gasteiger partial charge in [0.15, 0.2) is 0 Å². The first kappa shape index (κ1) is 26.0. The Balaban J connectivity index is 1.43. The highest BCUT2D eigenvalue weighted by Gasteiger charge is 2.25. The maximum Gasteiger partial charge on any atom is 0.223 e. The second-order valence-corrected chi connectivity index (χ2v) is 10.8. The Morgan fingerprint density at radius 2 is 0.970 bits per heavy atom. The Morgan fingerprint density at radius 3 is 1.45 bits per heavy atom. The molecule has 3 aliphatic rings. The lowest BCUT2D eigenvalue weighted by molar-refractivity contribution is -0.128. The van der Waals surface area contributed by atoms with E-state index in [1.807, 2.05) is 0 Å². The van der Waals surface area contributed by atoms with Gasteiger partial charge in [-0.25, -0.2) is 0 Å². The molecule has 6 nitrogen and oxygen atoms in total. The molecule has 3 amide bonds. The fourth-order valence-corrected chi connectivity index (χ4v) is 5.88. The molecule has 3 saturated carbocycles. The molecular weight excluding hydrogens is 414 g/mol. The Labute approximate surface area is 200 Å². The van der Waals surface area contributed by atoms with Crippen LogP contribution in [-0.2, 0) is 14.4 Å². The molecule has 3 fully saturated rings. The number of amides is 3. The van der Waals surface area contributed by atoms with Gasteiger partial charge < -0.3 is 16.0 Å². The summed E-state index contributed by atoms with van der Waals surface area (Å²) in [4.78, 5) is 38.0. The van der Waals surface area contributed by atoms with Crippen LogP contribution in [0.5, 0.6) is 0 Å². The van der Waals surface area contributed by atoms with Crippen LogP contribution in [0.2, 0.25) is 0 Å². The summed E-state index contributed by atoms with van der Waals surface area (Å²) >= 11 is 0. The first-order chi connectivity index (χ1) is 16.1. The minimum absolute atomic E-state index is 0.0763. The molecule has 0 bridgehead atoms. The molecule has 33 heavy (non-hydrogen) atoms. The van der Waals surface area contributed by atoms with Gasteiger partial charge in [-0.3, -0.25) is 14.4 Å². The van der Waals surface area contributed by atoms with Gasteiger partial charge in [-0.05, 0) is 57.8 Å². The highest BCUT2D eigenvalue weighted by molar-refractivity contribution is 5.81. The SMILES string of the molecule is O=C(CCCC(CCC(=O)NC1CCCCC1)C(=O)NC1CCCCC1)NC1CCCCC1. The quantitative estimate of drug-likeness (QED) is 0.409. The summed E-state index contributed by atoms with van der Waals surface area (Å²) < 4.78 is 0. The summed E-state index contributed by atoms with van der Waals surface area (Å²) in [6, 6.07) is 0.920. The summed E-state index contributed by atoms with van der Waals surface area (Å²) in [6.45, 7) is 0. The summed E-state index contributed by atoms with van der Waals surface area (Å²) in [6.07, 6.45) is 20.2. The van der Waals surface area contributed by atoms with Gasteiger partial charge in [0.25, 0.3) is 0 Å². The molecule has 6 heteroatoms. The zero-order valence-electron chi connectivity index (χ0n) is 20.7. The van der Waals surface area contributed by atoms with Crippen molar-refractivity contribution >= 4 is 17.7 Å². The monoisotopic (exact) mass is 461 g/mol. The minimum atomic E-state index is -0.188. The van der Waals surface area contributed by atoms with E-state index < -0.39 is 0 Å². The minimum Gasteiger partial charge on any atom is -0.353 e. The van der Waals surface area contributed by atoms with Crippen LogP contribution in [0.15, 0.2) is 0 Å². The lowest BCUT2D eigenvalue weighted by atomic mass is 9.91. The van der Waals surface area contributed by atoms with Crippen molar-refractivity contribution in [3.8, 4) is 0 Å². The summed E-state index contributed by atoms with van der Waals surface area (Å²) in [7, 11) is 0. The van der Waals surface area contributed by atoms with Crippen molar-refractivity contribution in [2.75, 3.05) is 0 Å². The molecule has 3 N–H and O–H groups in total. The van der Waals surface area contributed by atoms with Crippen LogP contribution in [0.1, 0.15) is 128 Å². The van der Waals surface area contributed by atoms with E-state index in [0.717, 1.165) is 38.5 Å². The van der Waals surface area contributed by atoms with Crippen LogP contribution in [-0.4, -0.2) is 35.8 Å². The first-order valence-corrected chi connectivity index (χ1v) is 14.0. The molecule has 0 aromatic heterocycles. The Kier molecular flexibility index (Phi) is 11.5. The van der Waals surface area contributed by atoms with Crippen LogP contribution in [0.4, 0.5) is 0 Å². The third kappa shape index (κ3) is 10.1. The lowest BCUT2D eigenvalue weighted by Gasteiger charge is -2.26. The number of rotatable bonds is 11. The van der Waals surface area contributed by atoms with E-state index in [1.165, 1.54) is 57.8 Å². The van der Waals surface area contributed by atoms with Crippen LogP contribution in [0.3, 0.4) is 0 Å².